The summed E-state index contributed by atoms with van der Waals surface area (Å²) in [5.74, 6) is -0.528. The van der Waals surface area contributed by atoms with Gasteiger partial charge in [-0.05, 0) is 55.5 Å². The van der Waals surface area contributed by atoms with E-state index in [-0.39, 0.29) is 12.3 Å². The second-order valence-electron chi connectivity index (χ2n) is 8.10. The van der Waals surface area contributed by atoms with Gasteiger partial charge in [-0.25, -0.2) is 9.80 Å². The van der Waals surface area contributed by atoms with Gasteiger partial charge in [0.15, 0.2) is 5.54 Å². The van der Waals surface area contributed by atoms with Crippen molar-refractivity contribution >= 4 is 23.5 Å². The van der Waals surface area contributed by atoms with Gasteiger partial charge in [0.2, 0.25) is 5.91 Å². The molecule has 0 unspecified atom stereocenters. The lowest BCUT2D eigenvalue weighted by Crippen LogP contribution is -2.68. The molecule has 172 valence electrons. The number of hydrogen-bond donors (Lipinski definition) is 0. The summed E-state index contributed by atoms with van der Waals surface area (Å²) < 4.78 is 10.7. The van der Waals surface area contributed by atoms with E-state index < -0.39 is 11.5 Å². The molecule has 0 bridgehead atoms. The fraction of sp³-hybridized carbons (Fsp3) is 0.636. The van der Waals surface area contributed by atoms with Crippen LogP contribution in [-0.4, -0.2) is 86.1 Å². The number of piperidine rings is 1. The molecule has 1 amide bonds. The van der Waals surface area contributed by atoms with E-state index >= 15 is 0 Å². The van der Waals surface area contributed by atoms with Gasteiger partial charge in [0.1, 0.15) is 0 Å². The maximum Gasteiger partial charge on any atom is 0.333 e. The van der Waals surface area contributed by atoms with Crippen molar-refractivity contribution in [2.24, 2.45) is 0 Å². The fourth-order valence-corrected chi connectivity index (χ4v) is 4.92. The Bertz CT molecular complexity index is 781. The summed E-state index contributed by atoms with van der Waals surface area (Å²) in [5.41, 5.74) is 1.78. The zero-order chi connectivity index (χ0) is 22.6. The number of nitrogens with zero attached hydrogens (tertiary/aromatic N) is 3. The number of amides is 1. The number of ether oxygens (including phenoxy) is 2. The zero-order valence-electron chi connectivity index (χ0n) is 18.8. The molecule has 3 rings (SSSR count). The van der Waals surface area contributed by atoms with E-state index in [1.54, 1.807) is 17.2 Å². The number of hydrazine groups is 1. The zero-order valence-corrected chi connectivity index (χ0v) is 19.5. The van der Waals surface area contributed by atoms with Crippen molar-refractivity contribution in [2.75, 3.05) is 53.6 Å². The number of hydrogen-bond acceptors (Lipinski definition) is 7. The van der Waals surface area contributed by atoms with Gasteiger partial charge in [-0.1, -0.05) is 11.6 Å². The number of carbonyl (C=O) groups is 2. The Kier molecular flexibility index (Phi) is 7.93. The van der Waals surface area contributed by atoms with Crippen LogP contribution in [0.3, 0.4) is 0 Å². The second kappa shape index (κ2) is 10.3. The number of benzene rings is 1. The molecule has 2 aliphatic rings. The summed E-state index contributed by atoms with van der Waals surface area (Å²) >= 11 is 6.18. The number of hydroxylamine groups is 2. The van der Waals surface area contributed by atoms with E-state index in [4.69, 9.17) is 25.9 Å². The molecule has 0 radical (unpaired) electrons. The van der Waals surface area contributed by atoms with Gasteiger partial charge in [-0.3, -0.25) is 9.80 Å². The van der Waals surface area contributed by atoms with Crippen LogP contribution in [0, 0.1) is 13.8 Å². The Hall–Kier alpha value is -1.71. The van der Waals surface area contributed by atoms with E-state index in [0.717, 1.165) is 16.7 Å². The average Bonchev–Trinajstić information content (AvgIpc) is 2.77. The largest absolute Gasteiger partial charge is 0.467 e. The highest BCUT2D eigenvalue weighted by Gasteiger charge is 2.52. The van der Waals surface area contributed by atoms with Crippen LogP contribution < -0.4 is 0 Å². The van der Waals surface area contributed by atoms with Gasteiger partial charge in [-0.2, -0.15) is 5.06 Å². The first kappa shape index (κ1) is 23.9. The maximum atomic E-state index is 13.8. The Balaban J connectivity index is 1.98. The number of rotatable bonds is 6. The molecule has 0 spiro atoms. The van der Waals surface area contributed by atoms with Crippen LogP contribution in [-0.2, 0) is 30.3 Å². The summed E-state index contributed by atoms with van der Waals surface area (Å²) in [7, 11) is 2.99. The van der Waals surface area contributed by atoms with E-state index in [9.17, 15) is 9.59 Å². The van der Waals surface area contributed by atoms with E-state index in [1.165, 1.54) is 7.11 Å². The normalized spacial score (nSPS) is 19.8. The Morgan fingerprint density at radius 3 is 2.19 bits per heavy atom. The smallest absolute Gasteiger partial charge is 0.333 e. The number of morpholine rings is 1. The Morgan fingerprint density at radius 2 is 1.68 bits per heavy atom. The van der Waals surface area contributed by atoms with Crippen LogP contribution in [0.15, 0.2) is 12.1 Å². The monoisotopic (exact) mass is 453 g/mol. The molecule has 0 aliphatic carbocycles. The molecule has 0 N–H and O–H groups in total. The van der Waals surface area contributed by atoms with Crippen molar-refractivity contribution < 1.29 is 23.9 Å². The minimum absolute atomic E-state index is 0.133. The second-order valence-corrected chi connectivity index (χ2v) is 8.54. The van der Waals surface area contributed by atoms with Crippen LogP contribution in [0.1, 0.15) is 29.5 Å². The van der Waals surface area contributed by atoms with Crippen molar-refractivity contribution in [1.29, 1.82) is 0 Å². The Labute approximate surface area is 188 Å². The summed E-state index contributed by atoms with van der Waals surface area (Å²) in [5, 5.41) is 6.07. The lowest BCUT2D eigenvalue weighted by Gasteiger charge is -2.50. The molecule has 1 aromatic rings. The van der Waals surface area contributed by atoms with E-state index in [1.807, 2.05) is 31.0 Å². The number of methoxy groups -OCH3 is 1. The molecule has 2 heterocycles. The van der Waals surface area contributed by atoms with Gasteiger partial charge in [0, 0.05) is 31.2 Å². The molecular formula is C22H32ClN3O5. The third kappa shape index (κ3) is 5.04. The lowest BCUT2D eigenvalue weighted by atomic mass is 9.86. The number of esters is 1. The van der Waals surface area contributed by atoms with Gasteiger partial charge in [-0.15, -0.1) is 0 Å². The maximum absolute atomic E-state index is 13.8. The first-order valence-corrected chi connectivity index (χ1v) is 11.0. The lowest BCUT2D eigenvalue weighted by molar-refractivity contribution is -0.215. The standard InChI is InChI=1S/C22H32ClN3O5/c1-16-13-18(23)14-17(2)19(16)15-20(27)26(24-9-11-31-12-10-24)22(21(28)29-3)5-7-25(30-4)8-6-22/h13-14H,5-12,15H2,1-4H3. The van der Waals surface area contributed by atoms with Crippen molar-refractivity contribution in [3.05, 3.63) is 33.8 Å². The quantitative estimate of drug-likeness (QED) is 0.611. The molecule has 2 aliphatic heterocycles. The Morgan fingerprint density at radius 1 is 1.10 bits per heavy atom. The SMILES string of the molecule is COC(=O)C1(N(C(=O)Cc2c(C)cc(Cl)cc2C)N2CCOCC2)CCN(OC)CC1. The molecule has 0 aromatic heterocycles. The predicted molar refractivity (Wildman–Crippen MR) is 116 cm³/mol. The molecule has 2 fully saturated rings. The van der Waals surface area contributed by atoms with Gasteiger partial charge in [0.05, 0.1) is 33.9 Å². The highest BCUT2D eigenvalue weighted by molar-refractivity contribution is 6.30. The molecule has 0 saturated carbocycles. The van der Waals surface area contributed by atoms with Crippen LogP contribution in [0.5, 0.6) is 0 Å². The van der Waals surface area contributed by atoms with E-state index in [2.05, 4.69) is 0 Å². The third-order valence-electron chi connectivity index (χ3n) is 6.27. The van der Waals surface area contributed by atoms with Gasteiger partial charge < -0.3 is 14.3 Å². The van der Waals surface area contributed by atoms with Crippen LogP contribution in [0.2, 0.25) is 5.02 Å². The number of halogens is 1. The summed E-state index contributed by atoms with van der Waals surface area (Å²) in [6, 6.07) is 3.73. The minimum Gasteiger partial charge on any atom is -0.467 e. The molecule has 2 saturated heterocycles. The minimum atomic E-state index is -1.08. The summed E-state index contributed by atoms with van der Waals surface area (Å²) in [4.78, 5) is 32.3. The topological polar surface area (TPSA) is 71.5 Å². The molecule has 1 aromatic carbocycles. The van der Waals surface area contributed by atoms with Crippen molar-refractivity contribution in [1.82, 2.24) is 15.1 Å². The summed E-state index contributed by atoms with van der Waals surface area (Å²) in [6.45, 7) is 7.04. The highest BCUT2D eigenvalue weighted by atomic mass is 35.5. The van der Waals surface area contributed by atoms with Crippen molar-refractivity contribution in [3.8, 4) is 0 Å². The first-order chi connectivity index (χ1) is 14.8. The number of aryl methyl sites for hydroxylation is 2. The van der Waals surface area contributed by atoms with Crippen molar-refractivity contribution in [3.63, 3.8) is 0 Å². The molecular weight excluding hydrogens is 422 g/mol. The molecule has 8 nitrogen and oxygen atoms in total. The fourth-order valence-electron chi connectivity index (χ4n) is 4.60. The van der Waals surface area contributed by atoms with Gasteiger partial charge in [0.25, 0.3) is 0 Å². The molecule has 0 atom stereocenters. The van der Waals surface area contributed by atoms with Crippen molar-refractivity contribution in [2.45, 2.75) is 38.6 Å². The summed E-state index contributed by atoms with van der Waals surface area (Å²) in [6.07, 6.45) is 1.03. The highest BCUT2D eigenvalue weighted by Crippen LogP contribution is 2.34. The van der Waals surface area contributed by atoms with Crippen LogP contribution in [0.4, 0.5) is 0 Å². The van der Waals surface area contributed by atoms with Crippen LogP contribution in [0.25, 0.3) is 0 Å². The molecule has 31 heavy (non-hydrogen) atoms. The third-order valence-corrected chi connectivity index (χ3v) is 6.49. The van der Waals surface area contributed by atoms with Crippen LogP contribution >= 0.6 is 11.6 Å². The number of carbonyl (C=O) groups excluding carboxylic acids is 2. The van der Waals surface area contributed by atoms with E-state index in [0.29, 0.717) is 57.3 Å². The van der Waals surface area contributed by atoms with Gasteiger partial charge >= 0.3 is 5.97 Å². The predicted octanol–water partition coefficient (Wildman–Crippen LogP) is 2.14. The molecule has 9 heteroatoms. The average molecular weight is 454 g/mol. The first-order valence-electron chi connectivity index (χ1n) is 10.6.